The molecule has 0 spiro atoms. The van der Waals surface area contributed by atoms with Gasteiger partial charge in [0.05, 0.1) is 27.9 Å². The number of nitrogens with two attached hydrogens (primary N) is 1. The second kappa shape index (κ2) is 8.81. The number of thiophene rings is 1. The summed E-state index contributed by atoms with van der Waals surface area (Å²) < 4.78 is 5.14. The van der Waals surface area contributed by atoms with E-state index < -0.39 is 6.09 Å². The first-order valence-electron chi connectivity index (χ1n) is 8.20. The highest BCUT2D eigenvalue weighted by Crippen LogP contribution is 2.24. The van der Waals surface area contributed by atoms with E-state index >= 15 is 0 Å². The first-order chi connectivity index (χ1) is 13.1. The number of anilines is 3. The van der Waals surface area contributed by atoms with Gasteiger partial charge in [-0.1, -0.05) is 18.2 Å². The molecule has 0 aliphatic heterocycles. The molecule has 0 bridgehead atoms. The van der Waals surface area contributed by atoms with E-state index in [-0.39, 0.29) is 12.5 Å². The molecule has 0 saturated heterocycles. The van der Waals surface area contributed by atoms with Crippen molar-refractivity contribution >= 4 is 39.7 Å². The maximum Gasteiger partial charge on any atom is 0.412 e. The number of hydrogen-bond donors (Lipinski definition) is 3. The molecular formula is C19H18N4O3S. The summed E-state index contributed by atoms with van der Waals surface area (Å²) in [5, 5.41) is 5.88. The van der Waals surface area contributed by atoms with Gasteiger partial charge < -0.3 is 15.8 Å². The molecule has 3 aromatic rings. The van der Waals surface area contributed by atoms with Crippen LogP contribution in [0.1, 0.15) is 15.2 Å². The minimum Gasteiger partial charge on any atom is -0.449 e. The van der Waals surface area contributed by atoms with E-state index in [1.165, 1.54) is 0 Å². The summed E-state index contributed by atoms with van der Waals surface area (Å²) in [6, 6.07) is 14.0. The average Bonchev–Trinajstić information content (AvgIpc) is 3.13. The summed E-state index contributed by atoms with van der Waals surface area (Å²) in [5.41, 5.74) is 7.83. The van der Waals surface area contributed by atoms with Crippen molar-refractivity contribution < 1.29 is 14.3 Å². The third-order valence-electron chi connectivity index (χ3n) is 3.61. The van der Waals surface area contributed by atoms with Gasteiger partial charge in [0, 0.05) is 18.8 Å². The molecule has 3 rings (SSSR count). The Balaban J connectivity index is 1.49. The van der Waals surface area contributed by atoms with Gasteiger partial charge in [0.1, 0.15) is 0 Å². The lowest BCUT2D eigenvalue weighted by Gasteiger charge is -2.06. The zero-order valence-corrected chi connectivity index (χ0v) is 15.2. The van der Waals surface area contributed by atoms with Crippen LogP contribution in [0.25, 0.3) is 0 Å². The minimum atomic E-state index is -0.569. The molecule has 2 amide bonds. The zero-order valence-electron chi connectivity index (χ0n) is 14.3. The number of aromatic nitrogens is 1. The number of rotatable bonds is 6. The third kappa shape index (κ3) is 5.29. The van der Waals surface area contributed by atoms with E-state index in [4.69, 9.17) is 10.5 Å². The van der Waals surface area contributed by atoms with Gasteiger partial charge in [-0.2, -0.15) is 0 Å². The van der Waals surface area contributed by atoms with Gasteiger partial charge in [-0.05, 0) is 35.9 Å². The predicted octanol–water partition coefficient (Wildman–Crippen LogP) is 3.77. The van der Waals surface area contributed by atoms with Crippen LogP contribution in [0.3, 0.4) is 0 Å². The van der Waals surface area contributed by atoms with Crippen LogP contribution in [0.15, 0.2) is 60.9 Å². The Kier molecular flexibility index (Phi) is 6.01. The molecule has 7 nitrogen and oxygen atoms in total. The van der Waals surface area contributed by atoms with E-state index in [1.54, 1.807) is 48.8 Å². The number of para-hydroxylation sites is 2. The fourth-order valence-corrected chi connectivity index (χ4v) is 3.05. The molecule has 4 N–H and O–H groups in total. The minimum absolute atomic E-state index is 0.240. The lowest BCUT2D eigenvalue weighted by molar-refractivity contribution is 0.103. The van der Waals surface area contributed by atoms with E-state index in [2.05, 4.69) is 15.6 Å². The summed E-state index contributed by atoms with van der Waals surface area (Å²) >= 11 is 1.15. The Labute approximate surface area is 160 Å². The Bertz CT molecular complexity index is 927. The SMILES string of the molecule is Nc1ccccc1NC(=O)c1ccc(NC(=O)OCCc2cccnc2)s1. The monoisotopic (exact) mass is 382 g/mol. The first kappa shape index (κ1) is 18.4. The van der Waals surface area contributed by atoms with Crippen LogP contribution >= 0.6 is 11.3 Å². The fraction of sp³-hybridized carbons (Fsp3) is 0.105. The number of carbonyl (C=O) groups excluding carboxylic acids is 2. The van der Waals surface area contributed by atoms with Gasteiger partial charge >= 0.3 is 6.09 Å². The van der Waals surface area contributed by atoms with Crippen LogP contribution in [-0.4, -0.2) is 23.6 Å². The van der Waals surface area contributed by atoms with Crippen molar-refractivity contribution in [2.24, 2.45) is 0 Å². The lowest BCUT2D eigenvalue weighted by Crippen LogP contribution is -2.14. The van der Waals surface area contributed by atoms with Crippen molar-refractivity contribution in [2.45, 2.75) is 6.42 Å². The largest absolute Gasteiger partial charge is 0.449 e. The molecule has 0 aliphatic carbocycles. The van der Waals surface area contributed by atoms with Crippen molar-refractivity contribution in [3.63, 3.8) is 0 Å². The number of hydrogen-bond acceptors (Lipinski definition) is 6. The van der Waals surface area contributed by atoms with Crippen LogP contribution in [0.2, 0.25) is 0 Å². The van der Waals surface area contributed by atoms with Crippen LogP contribution < -0.4 is 16.4 Å². The molecular weight excluding hydrogens is 364 g/mol. The predicted molar refractivity (Wildman–Crippen MR) is 106 cm³/mol. The first-order valence-corrected chi connectivity index (χ1v) is 9.02. The van der Waals surface area contributed by atoms with Crippen LogP contribution in [-0.2, 0) is 11.2 Å². The van der Waals surface area contributed by atoms with E-state index in [0.29, 0.717) is 27.7 Å². The van der Waals surface area contributed by atoms with Gasteiger partial charge in [-0.25, -0.2) is 4.79 Å². The summed E-state index contributed by atoms with van der Waals surface area (Å²) in [7, 11) is 0. The molecule has 27 heavy (non-hydrogen) atoms. The second-order valence-corrected chi connectivity index (χ2v) is 6.66. The number of carbonyl (C=O) groups is 2. The summed E-state index contributed by atoms with van der Waals surface area (Å²) in [6.45, 7) is 0.240. The maximum atomic E-state index is 12.3. The zero-order chi connectivity index (χ0) is 19.1. The van der Waals surface area contributed by atoms with Gasteiger partial charge in [0.2, 0.25) is 0 Å². The standard InChI is InChI=1S/C19H18N4O3S/c20-14-5-1-2-6-15(14)22-18(24)16-7-8-17(27-16)23-19(25)26-11-9-13-4-3-10-21-12-13/h1-8,10,12H,9,11,20H2,(H,22,24)(H,23,25). The number of nitrogens with one attached hydrogen (secondary N) is 2. The van der Waals surface area contributed by atoms with Crippen LogP contribution in [0.5, 0.6) is 0 Å². The average molecular weight is 382 g/mol. The Morgan fingerprint density at radius 1 is 1.07 bits per heavy atom. The third-order valence-corrected chi connectivity index (χ3v) is 4.61. The Morgan fingerprint density at radius 3 is 2.70 bits per heavy atom. The van der Waals surface area contributed by atoms with Crippen molar-refractivity contribution in [1.82, 2.24) is 4.98 Å². The molecule has 8 heteroatoms. The van der Waals surface area contributed by atoms with Crippen LogP contribution in [0, 0.1) is 0 Å². The maximum absolute atomic E-state index is 12.3. The van der Waals surface area contributed by atoms with Gasteiger partial charge in [0.15, 0.2) is 0 Å². The Morgan fingerprint density at radius 2 is 1.93 bits per heavy atom. The number of amides is 2. The fourth-order valence-electron chi connectivity index (χ4n) is 2.27. The van der Waals surface area contributed by atoms with E-state index in [9.17, 15) is 9.59 Å². The molecule has 0 aliphatic rings. The topological polar surface area (TPSA) is 106 Å². The molecule has 2 aromatic heterocycles. The van der Waals surface area contributed by atoms with Crippen LogP contribution in [0.4, 0.5) is 21.2 Å². The van der Waals surface area contributed by atoms with Crippen molar-refractivity contribution in [3.05, 3.63) is 71.4 Å². The molecule has 0 unspecified atom stereocenters. The highest BCUT2D eigenvalue weighted by atomic mass is 32.1. The van der Waals surface area contributed by atoms with Gasteiger partial charge in [-0.3, -0.25) is 15.1 Å². The molecule has 1 aromatic carbocycles. The van der Waals surface area contributed by atoms with E-state index in [1.807, 2.05) is 12.1 Å². The normalized spacial score (nSPS) is 10.2. The van der Waals surface area contributed by atoms with Gasteiger partial charge in [0.25, 0.3) is 5.91 Å². The number of benzene rings is 1. The molecule has 0 radical (unpaired) electrons. The summed E-state index contributed by atoms with van der Waals surface area (Å²) in [4.78, 5) is 28.6. The van der Waals surface area contributed by atoms with Gasteiger partial charge in [-0.15, -0.1) is 11.3 Å². The highest BCUT2D eigenvalue weighted by molar-refractivity contribution is 7.18. The number of pyridine rings is 1. The second-order valence-electron chi connectivity index (χ2n) is 5.58. The quantitative estimate of drug-likeness (QED) is 0.563. The number of nitrogen functional groups attached to an aromatic ring is 1. The van der Waals surface area contributed by atoms with E-state index in [0.717, 1.165) is 16.9 Å². The van der Waals surface area contributed by atoms with Crippen molar-refractivity contribution in [2.75, 3.05) is 23.0 Å². The molecule has 0 fully saturated rings. The Hall–Kier alpha value is -3.39. The summed E-state index contributed by atoms with van der Waals surface area (Å²) in [5.74, 6) is -0.295. The number of ether oxygens (including phenoxy) is 1. The summed E-state index contributed by atoms with van der Waals surface area (Å²) in [6.07, 6.45) is 3.43. The van der Waals surface area contributed by atoms with Crippen molar-refractivity contribution in [3.8, 4) is 0 Å². The number of nitrogens with zero attached hydrogens (tertiary/aromatic N) is 1. The molecule has 0 atom stereocenters. The van der Waals surface area contributed by atoms with Crippen molar-refractivity contribution in [1.29, 1.82) is 0 Å². The molecule has 138 valence electrons. The smallest absolute Gasteiger partial charge is 0.412 e. The molecule has 0 saturated carbocycles. The lowest BCUT2D eigenvalue weighted by atomic mass is 10.2. The molecule has 2 heterocycles. The highest BCUT2D eigenvalue weighted by Gasteiger charge is 2.12.